The maximum Gasteiger partial charge on any atom is 0.457 e. The van der Waals surface area contributed by atoms with Crippen LogP contribution in [-0.2, 0) is 14.2 Å². The number of benzene rings is 1. The Labute approximate surface area is 172 Å². The molecule has 32 heavy (non-hydrogen) atoms. The molecule has 1 aromatic carbocycles. The Morgan fingerprint density at radius 1 is 0.875 bits per heavy atom. The molecule has 0 fully saturated rings. The van der Waals surface area contributed by atoms with Crippen LogP contribution < -0.4 is 4.74 Å². The van der Waals surface area contributed by atoms with Crippen LogP contribution in [0.3, 0.4) is 0 Å². The van der Waals surface area contributed by atoms with Gasteiger partial charge in [0.1, 0.15) is 19.0 Å². The highest BCUT2D eigenvalue weighted by molar-refractivity contribution is 5.87. The molecule has 6 nitrogen and oxygen atoms in total. The molecule has 1 N–H and O–H groups in total. The van der Waals surface area contributed by atoms with Gasteiger partial charge in [0.05, 0.1) is 12.2 Å². The third-order valence-electron chi connectivity index (χ3n) is 3.62. The molecule has 0 spiro atoms. The molecule has 0 aromatic heterocycles. The highest BCUT2D eigenvalue weighted by atomic mass is 19.4. The van der Waals surface area contributed by atoms with Gasteiger partial charge < -0.3 is 19.3 Å². The van der Waals surface area contributed by atoms with Gasteiger partial charge in [-0.25, -0.2) is 4.79 Å². The Hall–Kier alpha value is -2.33. The molecule has 0 heterocycles. The van der Waals surface area contributed by atoms with Crippen molar-refractivity contribution < 1.29 is 72.8 Å². The van der Waals surface area contributed by atoms with Gasteiger partial charge in [0, 0.05) is 7.11 Å². The minimum absolute atomic E-state index is 0.00352. The first-order valence-corrected chi connectivity index (χ1v) is 8.08. The number of ether oxygens (including phenoxy) is 4. The summed E-state index contributed by atoms with van der Waals surface area (Å²) in [4.78, 5) is 10.7. The largest absolute Gasteiger partial charge is 0.491 e. The monoisotopic (exact) mass is 492 g/mol. The van der Waals surface area contributed by atoms with E-state index in [2.05, 4.69) is 14.2 Å². The van der Waals surface area contributed by atoms with E-state index in [0.717, 1.165) is 24.3 Å². The van der Waals surface area contributed by atoms with Gasteiger partial charge in [-0.2, -0.15) is 43.9 Å². The number of alkyl halides is 10. The predicted octanol–water partition coefficient (Wildman–Crippen LogP) is 4.49. The lowest BCUT2D eigenvalue weighted by molar-refractivity contribution is -0.503. The maximum absolute atomic E-state index is 14.1. The van der Waals surface area contributed by atoms with E-state index in [9.17, 15) is 48.7 Å². The van der Waals surface area contributed by atoms with E-state index < -0.39 is 56.0 Å². The number of rotatable bonds is 11. The molecule has 0 saturated heterocycles. The molecule has 1 rings (SSSR count). The zero-order valence-corrected chi connectivity index (χ0v) is 15.7. The number of aromatic carboxylic acids is 1. The Morgan fingerprint density at radius 3 is 1.81 bits per heavy atom. The van der Waals surface area contributed by atoms with Gasteiger partial charge in [-0.15, -0.1) is 0 Å². The van der Waals surface area contributed by atoms with Crippen LogP contribution in [0.4, 0.5) is 43.9 Å². The van der Waals surface area contributed by atoms with E-state index in [1.165, 1.54) is 0 Å². The molecule has 16 heteroatoms. The first kappa shape index (κ1) is 27.7. The Bertz CT molecular complexity index is 766. The lowest BCUT2D eigenvalue weighted by Crippen LogP contribution is -2.63. The Morgan fingerprint density at radius 2 is 1.41 bits per heavy atom. The van der Waals surface area contributed by atoms with Crippen molar-refractivity contribution in [3.8, 4) is 5.75 Å². The fourth-order valence-electron chi connectivity index (χ4n) is 1.95. The number of halogens is 10. The summed E-state index contributed by atoms with van der Waals surface area (Å²) in [5, 5.41) is 8.71. The molecule has 2 atom stereocenters. The Kier molecular flexibility index (Phi) is 8.36. The smallest absolute Gasteiger partial charge is 0.457 e. The molecule has 0 aliphatic carbocycles. The summed E-state index contributed by atoms with van der Waals surface area (Å²) in [5.74, 6) is -12.9. The topological polar surface area (TPSA) is 74.2 Å². The van der Waals surface area contributed by atoms with E-state index in [4.69, 9.17) is 9.84 Å². The average molecular weight is 492 g/mol. The predicted molar refractivity (Wildman–Crippen MR) is 82.5 cm³/mol. The molecule has 0 aliphatic heterocycles. The van der Waals surface area contributed by atoms with Crippen molar-refractivity contribution in [3.05, 3.63) is 29.8 Å². The van der Waals surface area contributed by atoms with Crippen LogP contribution in [0, 0.1) is 0 Å². The van der Waals surface area contributed by atoms with Crippen LogP contribution in [0.15, 0.2) is 24.3 Å². The summed E-state index contributed by atoms with van der Waals surface area (Å²) in [6, 6.07) is 4.49. The third-order valence-corrected chi connectivity index (χ3v) is 3.62. The van der Waals surface area contributed by atoms with E-state index >= 15 is 0 Å². The second-order valence-corrected chi connectivity index (χ2v) is 5.87. The average Bonchev–Trinajstić information content (AvgIpc) is 2.65. The van der Waals surface area contributed by atoms with Crippen LogP contribution in [0.2, 0.25) is 0 Å². The molecule has 2 unspecified atom stereocenters. The highest BCUT2D eigenvalue weighted by Crippen LogP contribution is 2.50. The number of carboxylic acid groups (broad SMARTS) is 1. The van der Waals surface area contributed by atoms with Crippen molar-refractivity contribution >= 4 is 5.97 Å². The first-order chi connectivity index (χ1) is 14.4. The van der Waals surface area contributed by atoms with Gasteiger partial charge in [0.15, 0.2) is 0 Å². The second kappa shape index (κ2) is 9.66. The van der Waals surface area contributed by atoms with E-state index in [-0.39, 0.29) is 18.4 Å². The van der Waals surface area contributed by atoms with Crippen molar-refractivity contribution in [2.45, 2.75) is 30.2 Å². The maximum atomic E-state index is 14.1. The summed E-state index contributed by atoms with van der Waals surface area (Å²) in [6.07, 6.45) is -19.4. The minimum atomic E-state index is -6.59. The quantitative estimate of drug-likeness (QED) is 0.363. The molecule has 0 saturated carbocycles. The first-order valence-electron chi connectivity index (χ1n) is 8.08. The van der Waals surface area contributed by atoms with Crippen molar-refractivity contribution in [2.24, 2.45) is 0 Å². The number of carbonyl (C=O) groups is 1. The summed E-state index contributed by atoms with van der Waals surface area (Å²) >= 11 is 0. The lowest BCUT2D eigenvalue weighted by Gasteiger charge is -2.37. The van der Waals surface area contributed by atoms with E-state index in [1.807, 2.05) is 0 Å². The van der Waals surface area contributed by atoms with Crippen molar-refractivity contribution in [2.75, 3.05) is 26.9 Å². The van der Waals surface area contributed by atoms with Gasteiger partial charge in [-0.1, -0.05) is 0 Å². The van der Waals surface area contributed by atoms with Crippen molar-refractivity contribution in [1.82, 2.24) is 0 Å². The molecule has 0 radical (unpaired) electrons. The number of methoxy groups -OCH3 is 1. The molecule has 0 aliphatic rings. The summed E-state index contributed by atoms with van der Waals surface area (Å²) < 4.78 is 146. The molecule has 184 valence electrons. The minimum Gasteiger partial charge on any atom is -0.491 e. The normalized spacial score (nSPS) is 16.8. The summed E-state index contributed by atoms with van der Waals surface area (Å²) in [5.41, 5.74) is -0.127. The molecule has 0 amide bonds. The van der Waals surface area contributed by atoms with Crippen molar-refractivity contribution in [1.29, 1.82) is 0 Å². The SMILES string of the molecule is COC(F)(C(F)(F)F)C(F)(F)OC(F)(COCCOc1ccc(C(=O)O)cc1)C(F)(F)F. The van der Waals surface area contributed by atoms with E-state index in [1.54, 1.807) is 0 Å². The third kappa shape index (κ3) is 6.13. The van der Waals surface area contributed by atoms with Crippen LogP contribution >= 0.6 is 0 Å². The van der Waals surface area contributed by atoms with E-state index in [0.29, 0.717) is 0 Å². The van der Waals surface area contributed by atoms with Crippen molar-refractivity contribution in [3.63, 3.8) is 0 Å². The number of carboxylic acids is 1. The van der Waals surface area contributed by atoms with Crippen LogP contribution in [-0.4, -0.2) is 68.2 Å². The standard InChI is InChI=1S/C16H14F10O6/c1-29-13(18,15(22,23)24)16(25,26)32-12(17,14(19,20)21)8-30-6-7-31-10-4-2-9(3-5-10)11(27)28/h2-5H,6-8H2,1H3,(H,27,28). The molecular weight excluding hydrogens is 478 g/mol. The van der Waals surface area contributed by atoms with Gasteiger partial charge in [0.2, 0.25) is 0 Å². The Balaban J connectivity index is 2.81. The zero-order valence-electron chi connectivity index (χ0n) is 15.7. The van der Waals surface area contributed by atoms with Crippen LogP contribution in [0.5, 0.6) is 5.75 Å². The second-order valence-electron chi connectivity index (χ2n) is 5.87. The molecule has 1 aromatic rings. The van der Waals surface area contributed by atoms with Crippen LogP contribution in [0.1, 0.15) is 10.4 Å². The fourth-order valence-corrected chi connectivity index (χ4v) is 1.95. The zero-order chi connectivity index (χ0) is 25.0. The number of hydrogen-bond donors (Lipinski definition) is 1. The fraction of sp³-hybridized carbons (Fsp3) is 0.562. The number of hydrogen-bond acceptors (Lipinski definition) is 5. The van der Waals surface area contributed by atoms with Gasteiger partial charge in [-0.05, 0) is 24.3 Å². The summed E-state index contributed by atoms with van der Waals surface area (Å²) in [7, 11) is -0.241. The van der Waals surface area contributed by atoms with Gasteiger partial charge >= 0.3 is 36.1 Å². The molecule has 0 bridgehead atoms. The lowest BCUT2D eigenvalue weighted by atomic mass is 10.2. The molecular formula is C16H14F10O6. The summed E-state index contributed by atoms with van der Waals surface area (Å²) in [6.45, 7) is -3.95. The van der Waals surface area contributed by atoms with Gasteiger partial charge in [0.25, 0.3) is 0 Å². The van der Waals surface area contributed by atoms with Crippen LogP contribution in [0.25, 0.3) is 0 Å². The highest BCUT2D eigenvalue weighted by Gasteiger charge is 2.78. The van der Waals surface area contributed by atoms with Gasteiger partial charge in [-0.3, -0.25) is 4.74 Å².